The molecule has 2 rings (SSSR count). The molecule has 104 valence electrons. The summed E-state index contributed by atoms with van der Waals surface area (Å²) in [6.45, 7) is 4.74. The number of hydrogen-bond donors (Lipinski definition) is 2. The predicted octanol–water partition coefficient (Wildman–Crippen LogP) is 3.14. The first-order valence-corrected chi connectivity index (χ1v) is 7.96. The van der Waals surface area contributed by atoms with Gasteiger partial charge in [0.25, 0.3) is 0 Å². The summed E-state index contributed by atoms with van der Waals surface area (Å²) in [6, 6.07) is 0. The summed E-state index contributed by atoms with van der Waals surface area (Å²) in [6.07, 6.45) is 6.81. The summed E-state index contributed by atoms with van der Waals surface area (Å²) >= 11 is 9.30. The van der Waals surface area contributed by atoms with E-state index < -0.39 is 0 Å². The van der Waals surface area contributed by atoms with Gasteiger partial charge in [-0.05, 0) is 38.5 Å². The molecule has 0 radical (unpaired) electrons. The van der Waals surface area contributed by atoms with Crippen molar-refractivity contribution in [3.63, 3.8) is 0 Å². The Balaban J connectivity index is 1.86. The lowest BCUT2D eigenvalue weighted by atomic mass is 9.91. The van der Waals surface area contributed by atoms with Crippen LogP contribution < -0.4 is 0 Å². The largest absolute Gasteiger partial charge is 0.381 e. The molecule has 3 unspecified atom stereocenters. The van der Waals surface area contributed by atoms with Crippen LogP contribution in [0.25, 0.3) is 0 Å². The first kappa shape index (κ1) is 14.8. The van der Waals surface area contributed by atoms with Crippen molar-refractivity contribution >= 4 is 25.3 Å². The summed E-state index contributed by atoms with van der Waals surface area (Å²) in [5.74, 6) is 0.679. The van der Waals surface area contributed by atoms with E-state index in [9.17, 15) is 0 Å². The summed E-state index contributed by atoms with van der Waals surface area (Å²) in [4.78, 5) is 0. The van der Waals surface area contributed by atoms with Gasteiger partial charge in [-0.2, -0.15) is 25.3 Å². The van der Waals surface area contributed by atoms with E-state index in [4.69, 9.17) is 22.1 Å². The monoisotopic (exact) mass is 288 g/mol. The van der Waals surface area contributed by atoms with Crippen LogP contribution >= 0.6 is 25.3 Å². The van der Waals surface area contributed by atoms with E-state index in [1.807, 2.05) is 0 Å². The molecule has 18 heavy (non-hydrogen) atoms. The average molecular weight is 288 g/mol. The van der Waals surface area contributed by atoms with Crippen LogP contribution in [0.1, 0.15) is 32.6 Å². The topological polar surface area (TPSA) is 18.5 Å². The zero-order valence-corrected chi connectivity index (χ0v) is 12.8. The fourth-order valence-electron chi connectivity index (χ4n) is 2.71. The molecule has 2 aliphatic rings. The highest BCUT2D eigenvalue weighted by Gasteiger charge is 2.25. The molecule has 0 aliphatic carbocycles. The SMILES string of the molecule is CC(S)C1=CC(CC(S)C2CCOCC2)OCC1. The second-order valence-electron chi connectivity index (χ2n) is 5.33. The lowest BCUT2D eigenvalue weighted by molar-refractivity contribution is 0.0460. The minimum absolute atomic E-state index is 0.230. The van der Waals surface area contributed by atoms with Gasteiger partial charge in [0.1, 0.15) is 0 Å². The minimum Gasteiger partial charge on any atom is -0.381 e. The van der Waals surface area contributed by atoms with Gasteiger partial charge in [-0.25, -0.2) is 0 Å². The van der Waals surface area contributed by atoms with E-state index in [1.165, 1.54) is 5.57 Å². The molecule has 0 aromatic rings. The molecule has 0 amide bonds. The quantitative estimate of drug-likeness (QED) is 0.611. The number of hydrogen-bond acceptors (Lipinski definition) is 4. The molecule has 1 fully saturated rings. The van der Waals surface area contributed by atoms with Crippen molar-refractivity contribution in [2.45, 2.75) is 49.2 Å². The lowest BCUT2D eigenvalue weighted by Gasteiger charge is -2.31. The lowest BCUT2D eigenvalue weighted by Crippen LogP contribution is -2.29. The molecule has 1 saturated heterocycles. The summed E-state index contributed by atoms with van der Waals surface area (Å²) in [5.41, 5.74) is 1.42. The minimum atomic E-state index is 0.230. The smallest absolute Gasteiger partial charge is 0.0769 e. The van der Waals surface area contributed by atoms with Gasteiger partial charge < -0.3 is 9.47 Å². The third kappa shape index (κ3) is 4.19. The highest BCUT2D eigenvalue weighted by molar-refractivity contribution is 7.81. The van der Waals surface area contributed by atoms with Crippen LogP contribution in [-0.4, -0.2) is 36.4 Å². The predicted molar refractivity (Wildman–Crippen MR) is 81.8 cm³/mol. The van der Waals surface area contributed by atoms with Crippen molar-refractivity contribution in [1.82, 2.24) is 0 Å². The maximum atomic E-state index is 5.83. The van der Waals surface area contributed by atoms with Crippen LogP contribution in [0, 0.1) is 5.92 Å². The van der Waals surface area contributed by atoms with E-state index in [1.54, 1.807) is 0 Å². The van der Waals surface area contributed by atoms with Crippen LogP contribution in [0.3, 0.4) is 0 Å². The van der Waals surface area contributed by atoms with Crippen LogP contribution in [0.4, 0.5) is 0 Å². The van der Waals surface area contributed by atoms with Crippen molar-refractivity contribution in [3.05, 3.63) is 11.6 Å². The molecule has 2 aliphatic heterocycles. The molecular formula is C14H24O2S2. The summed E-state index contributed by atoms with van der Waals surface area (Å²) in [5, 5.41) is 0.766. The second-order valence-corrected chi connectivity index (χ2v) is 6.77. The van der Waals surface area contributed by atoms with Crippen LogP contribution in [0.15, 0.2) is 11.6 Å². The van der Waals surface area contributed by atoms with E-state index in [-0.39, 0.29) is 6.10 Å². The highest BCUT2D eigenvalue weighted by Crippen LogP contribution is 2.29. The Labute approximate surface area is 121 Å². The first-order valence-electron chi connectivity index (χ1n) is 6.93. The van der Waals surface area contributed by atoms with E-state index in [2.05, 4.69) is 25.6 Å². The molecule has 0 aromatic heterocycles. The zero-order valence-electron chi connectivity index (χ0n) is 11.0. The fourth-order valence-corrected chi connectivity index (χ4v) is 3.43. The Hall–Kier alpha value is 0.360. The molecule has 4 heteroatoms. The number of ether oxygens (including phenoxy) is 2. The van der Waals surface area contributed by atoms with Gasteiger partial charge in [0.2, 0.25) is 0 Å². The van der Waals surface area contributed by atoms with Gasteiger partial charge in [-0.3, -0.25) is 0 Å². The standard InChI is InChI=1S/C14H24O2S2/c1-10(17)12-4-7-16-13(8-12)9-14(18)11-2-5-15-6-3-11/h8,10-11,13-14,17-18H,2-7,9H2,1H3. The highest BCUT2D eigenvalue weighted by atomic mass is 32.1. The molecule has 0 N–H and O–H groups in total. The van der Waals surface area contributed by atoms with Gasteiger partial charge in [0.15, 0.2) is 0 Å². The van der Waals surface area contributed by atoms with Crippen molar-refractivity contribution in [2.24, 2.45) is 5.92 Å². The maximum absolute atomic E-state index is 5.83. The van der Waals surface area contributed by atoms with Gasteiger partial charge in [0, 0.05) is 23.7 Å². The molecule has 0 spiro atoms. The molecule has 0 saturated carbocycles. The first-order chi connectivity index (χ1) is 8.66. The Bertz CT molecular complexity index is 286. The van der Waals surface area contributed by atoms with E-state index in [0.717, 1.165) is 45.5 Å². The van der Waals surface area contributed by atoms with Gasteiger partial charge in [-0.15, -0.1) is 0 Å². The molecule has 3 atom stereocenters. The van der Waals surface area contributed by atoms with Gasteiger partial charge in [-0.1, -0.05) is 11.6 Å². The molecule has 2 nitrogen and oxygen atoms in total. The van der Waals surface area contributed by atoms with E-state index >= 15 is 0 Å². The van der Waals surface area contributed by atoms with Crippen molar-refractivity contribution in [3.8, 4) is 0 Å². The third-order valence-corrected chi connectivity index (χ3v) is 4.91. The summed E-state index contributed by atoms with van der Waals surface area (Å²) in [7, 11) is 0. The molecular weight excluding hydrogens is 264 g/mol. The fraction of sp³-hybridized carbons (Fsp3) is 0.857. The Morgan fingerprint density at radius 3 is 2.67 bits per heavy atom. The maximum Gasteiger partial charge on any atom is 0.0769 e. The third-order valence-electron chi connectivity index (χ3n) is 3.94. The summed E-state index contributed by atoms with van der Waals surface area (Å²) < 4.78 is 11.2. The average Bonchev–Trinajstić information content (AvgIpc) is 2.40. The molecule has 0 aromatic carbocycles. The van der Waals surface area contributed by atoms with Gasteiger partial charge in [0.05, 0.1) is 12.7 Å². The Morgan fingerprint density at radius 2 is 2.00 bits per heavy atom. The van der Waals surface area contributed by atoms with E-state index in [0.29, 0.717) is 16.4 Å². The molecule has 2 heterocycles. The second kappa shape index (κ2) is 7.22. The molecule has 0 bridgehead atoms. The number of rotatable bonds is 4. The van der Waals surface area contributed by atoms with Crippen molar-refractivity contribution < 1.29 is 9.47 Å². The van der Waals surface area contributed by atoms with Crippen LogP contribution in [-0.2, 0) is 9.47 Å². The van der Waals surface area contributed by atoms with Crippen LogP contribution in [0.5, 0.6) is 0 Å². The Morgan fingerprint density at radius 1 is 1.28 bits per heavy atom. The van der Waals surface area contributed by atoms with Crippen molar-refractivity contribution in [1.29, 1.82) is 0 Å². The zero-order chi connectivity index (χ0) is 13.0. The van der Waals surface area contributed by atoms with Gasteiger partial charge >= 0.3 is 0 Å². The normalized spacial score (nSPS) is 29.7. The Kier molecular flexibility index (Phi) is 5.93. The van der Waals surface area contributed by atoms with Crippen LogP contribution in [0.2, 0.25) is 0 Å². The number of thiol groups is 2. The van der Waals surface area contributed by atoms with Crippen molar-refractivity contribution in [2.75, 3.05) is 19.8 Å².